The molecule has 2 fully saturated rings. The summed E-state index contributed by atoms with van der Waals surface area (Å²) >= 11 is 0. The summed E-state index contributed by atoms with van der Waals surface area (Å²) in [6.07, 6.45) is 4.20. The molecule has 2 saturated carbocycles. The highest BCUT2D eigenvalue weighted by Crippen LogP contribution is 2.51. The summed E-state index contributed by atoms with van der Waals surface area (Å²) in [5.41, 5.74) is -0.909. The number of hydrogen-bond donors (Lipinski definition) is 0. The van der Waals surface area contributed by atoms with E-state index < -0.39 is 5.41 Å². The van der Waals surface area contributed by atoms with E-state index in [4.69, 9.17) is 4.74 Å². The highest BCUT2D eigenvalue weighted by atomic mass is 16.5. The number of nitriles is 1. The molecule has 3 atom stereocenters. The molecule has 0 saturated heterocycles. The minimum absolute atomic E-state index is 0.0373. The molecule has 4 heteroatoms. The van der Waals surface area contributed by atoms with Crippen LogP contribution in [-0.2, 0) is 14.3 Å². The number of carbonyl (C=O) groups is 2. The molecule has 2 rings (SSSR count). The molecule has 0 unspecified atom stereocenters. The van der Waals surface area contributed by atoms with Gasteiger partial charge in [0.15, 0.2) is 5.78 Å². The molecule has 0 aromatic rings. The Morgan fingerprint density at radius 3 is 2.94 bits per heavy atom. The van der Waals surface area contributed by atoms with E-state index in [0.717, 1.165) is 25.7 Å². The van der Waals surface area contributed by atoms with Crippen molar-refractivity contribution in [1.82, 2.24) is 0 Å². The van der Waals surface area contributed by atoms with Crippen LogP contribution in [0, 0.1) is 28.6 Å². The molecule has 0 bridgehead atoms. The predicted molar refractivity (Wildman–Crippen MR) is 64.4 cm³/mol. The Morgan fingerprint density at radius 2 is 2.28 bits per heavy atom. The Kier molecular flexibility index (Phi) is 3.70. The summed E-state index contributed by atoms with van der Waals surface area (Å²) in [4.78, 5) is 24.1. The van der Waals surface area contributed by atoms with Gasteiger partial charge in [-0.1, -0.05) is 6.42 Å². The van der Waals surface area contributed by atoms with Crippen molar-refractivity contribution >= 4 is 11.8 Å². The van der Waals surface area contributed by atoms with Crippen molar-refractivity contribution in [2.45, 2.75) is 45.4 Å². The van der Waals surface area contributed by atoms with Crippen molar-refractivity contribution in [2.75, 3.05) is 6.61 Å². The monoisotopic (exact) mass is 249 g/mol. The zero-order chi connectivity index (χ0) is 13.2. The first-order chi connectivity index (χ1) is 8.65. The first-order valence-corrected chi connectivity index (χ1v) is 6.77. The molecule has 98 valence electrons. The third kappa shape index (κ3) is 1.92. The first-order valence-electron chi connectivity index (χ1n) is 6.77. The quantitative estimate of drug-likeness (QED) is 0.704. The zero-order valence-corrected chi connectivity index (χ0v) is 10.8. The van der Waals surface area contributed by atoms with E-state index in [2.05, 4.69) is 6.07 Å². The maximum atomic E-state index is 12.1. The van der Waals surface area contributed by atoms with Crippen molar-refractivity contribution in [3.63, 3.8) is 0 Å². The average molecular weight is 249 g/mol. The van der Waals surface area contributed by atoms with Crippen LogP contribution in [0.5, 0.6) is 0 Å². The van der Waals surface area contributed by atoms with Gasteiger partial charge >= 0.3 is 5.97 Å². The molecule has 0 N–H and O–H groups in total. The highest BCUT2D eigenvalue weighted by molar-refractivity contribution is 5.90. The molecule has 0 spiro atoms. The molecule has 0 aliphatic heterocycles. The average Bonchev–Trinajstić information content (AvgIpc) is 2.39. The van der Waals surface area contributed by atoms with Gasteiger partial charge in [0, 0.05) is 6.42 Å². The first kappa shape index (κ1) is 13.1. The second-order valence-corrected chi connectivity index (χ2v) is 5.26. The molecule has 0 amide bonds. The Hall–Kier alpha value is -1.37. The molecule has 0 radical (unpaired) electrons. The third-order valence-electron chi connectivity index (χ3n) is 4.41. The molecule has 4 nitrogen and oxygen atoms in total. The smallest absolute Gasteiger partial charge is 0.309 e. The lowest BCUT2D eigenvalue weighted by Crippen LogP contribution is -2.49. The van der Waals surface area contributed by atoms with Gasteiger partial charge in [-0.2, -0.15) is 5.26 Å². The minimum atomic E-state index is -0.909. The number of ketones is 1. The third-order valence-corrected chi connectivity index (χ3v) is 4.41. The van der Waals surface area contributed by atoms with Crippen LogP contribution in [0.1, 0.15) is 45.4 Å². The van der Waals surface area contributed by atoms with Gasteiger partial charge in [-0.15, -0.1) is 0 Å². The van der Waals surface area contributed by atoms with Crippen LogP contribution in [0.3, 0.4) is 0 Å². The molecule has 0 aromatic heterocycles. The lowest BCUT2D eigenvalue weighted by Gasteiger charge is -2.44. The molecule has 0 aromatic carbocycles. The molecular weight excluding hydrogens is 230 g/mol. The van der Waals surface area contributed by atoms with E-state index in [1.165, 1.54) is 0 Å². The Bertz CT molecular complexity index is 398. The van der Waals surface area contributed by atoms with E-state index in [9.17, 15) is 14.9 Å². The van der Waals surface area contributed by atoms with Gasteiger partial charge in [-0.05, 0) is 38.5 Å². The summed E-state index contributed by atoms with van der Waals surface area (Å²) < 4.78 is 5.10. The topological polar surface area (TPSA) is 67.2 Å². The van der Waals surface area contributed by atoms with E-state index in [1.807, 2.05) is 0 Å². The molecule has 2 aliphatic rings. The number of esters is 1. The number of nitrogens with zero attached hydrogens (tertiary/aromatic N) is 1. The van der Waals surface area contributed by atoms with Crippen LogP contribution in [-0.4, -0.2) is 18.4 Å². The van der Waals surface area contributed by atoms with Crippen LogP contribution >= 0.6 is 0 Å². The zero-order valence-electron chi connectivity index (χ0n) is 10.8. The fourth-order valence-corrected chi connectivity index (χ4v) is 3.56. The highest BCUT2D eigenvalue weighted by Gasteiger charge is 2.54. The molecule has 0 heterocycles. The van der Waals surface area contributed by atoms with E-state index in [0.29, 0.717) is 19.4 Å². The maximum absolute atomic E-state index is 12.1. The fraction of sp³-hybridized carbons (Fsp3) is 0.786. The van der Waals surface area contributed by atoms with E-state index >= 15 is 0 Å². The number of hydrogen-bond acceptors (Lipinski definition) is 4. The van der Waals surface area contributed by atoms with Gasteiger partial charge in [-0.3, -0.25) is 9.59 Å². The van der Waals surface area contributed by atoms with Crippen LogP contribution < -0.4 is 0 Å². The molecule has 18 heavy (non-hydrogen) atoms. The van der Waals surface area contributed by atoms with Crippen molar-refractivity contribution in [3.05, 3.63) is 0 Å². The van der Waals surface area contributed by atoms with Gasteiger partial charge in [0.05, 0.1) is 18.6 Å². The van der Waals surface area contributed by atoms with E-state index in [-0.39, 0.29) is 23.6 Å². The summed E-state index contributed by atoms with van der Waals surface area (Å²) in [6.45, 7) is 2.14. The van der Waals surface area contributed by atoms with Crippen LogP contribution in [0.4, 0.5) is 0 Å². The summed E-state index contributed by atoms with van der Waals surface area (Å²) in [6, 6.07) is 2.24. The van der Waals surface area contributed by atoms with Crippen LogP contribution in [0.2, 0.25) is 0 Å². The van der Waals surface area contributed by atoms with Crippen LogP contribution in [0.15, 0.2) is 0 Å². The number of Topliss-reactive ketones (excluding diaryl/α,β-unsaturated/α-hetero) is 1. The Labute approximate surface area is 107 Å². The van der Waals surface area contributed by atoms with Crippen LogP contribution in [0.25, 0.3) is 0 Å². The lowest BCUT2D eigenvalue weighted by molar-refractivity contribution is -0.156. The van der Waals surface area contributed by atoms with Gasteiger partial charge < -0.3 is 4.74 Å². The van der Waals surface area contributed by atoms with Gasteiger partial charge in [0.1, 0.15) is 5.41 Å². The van der Waals surface area contributed by atoms with Gasteiger partial charge in [0.25, 0.3) is 0 Å². The van der Waals surface area contributed by atoms with E-state index in [1.54, 1.807) is 6.92 Å². The van der Waals surface area contributed by atoms with Gasteiger partial charge in [0.2, 0.25) is 0 Å². The fourth-order valence-electron chi connectivity index (χ4n) is 3.56. The largest absolute Gasteiger partial charge is 0.466 e. The van der Waals surface area contributed by atoms with Gasteiger partial charge in [-0.25, -0.2) is 0 Å². The summed E-state index contributed by atoms with van der Waals surface area (Å²) in [5.74, 6) is -0.578. The second-order valence-electron chi connectivity index (χ2n) is 5.26. The molecule has 2 aliphatic carbocycles. The van der Waals surface area contributed by atoms with Crippen molar-refractivity contribution in [2.24, 2.45) is 17.3 Å². The molecular formula is C14H19NO3. The normalized spacial score (nSPS) is 35.4. The SMILES string of the molecule is CCOC(=O)[C@@H]1CCC[C@]2(C#N)C(=O)CCC[C@H]12. The second kappa shape index (κ2) is 5.09. The summed E-state index contributed by atoms with van der Waals surface area (Å²) in [5, 5.41) is 9.45. The maximum Gasteiger partial charge on any atom is 0.309 e. The standard InChI is InChI=1S/C14H19NO3/c1-2-18-13(17)10-5-4-8-14(9-15)11(10)6-3-7-12(14)16/h10-11H,2-8H2,1H3/t10-,11-,14-/m1/s1. The predicted octanol–water partition coefficient (Wildman–Crippen LogP) is 2.23. The number of carbonyl (C=O) groups excluding carboxylic acids is 2. The van der Waals surface area contributed by atoms with Crippen molar-refractivity contribution in [1.29, 1.82) is 5.26 Å². The summed E-state index contributed by atoms with van der Waals surface area (Å²) in [7, 11) is 0. The number of ether oxygens (including phenoxy) is 1. The Morgan fingerprint density at radius 1 is 1.50 bits per heavy atom. The van der Waals surface area contributed by atoms with Crippen molar-refractivity contribution < 1.29 is 14.3 Å². The number of fused-ring (bicyclic) bond motifs is 1. The minimum Gasteiger partial charge on any atom is -0.466 e. The Balaban J connectivity index is 2.28. The van der Waals surface area contributed by atoms with Crippen molar-refractivity contribution in [3.8, 4) is 6.07 Å². The lowest BCUT2D eigenvalue weighted by atomic mass is 9.56. The number of rotatable bonds is 2.